The number of aromatic nitrogens is 4. The average Bonchev–Trinajstić information content (AvgIpc) is 3.32. The van der Waals surface area contributed by atoms with Crippen LogP contribution in [0, 0.1) is 0 Å². The molecule has 3 aromatic rings. The Morgan fingerprint density at radius 1 is 1.12 bits per heavy atom. The van der Waals surface area contributed by atoms with Gasteiger partial charge in [0.2, 0.25) is 16.0 Å². The van der Waals surface area contributed by atoms with Gasteiger partial charge in [-0.05, 0) is 44.7 Å². The lowest BCUT2D eigenvalue weighted by molar-refractivity contribution is 0.171. The van der Waals surface area contributed by atoms with Gasteiger partial charge in [-0.1, -0.05) is 18.2 Å². The van der Waals surface area contributed by atoms with Gasteiger partial charge in [0.1, 0.15) is 0 Å². The number of aliphatic hydroxyl groups is 1. The zero-order chi connectivity index (χ0) is 23.9. The number of rotatable bonds is 7. The summed E-state index contributed by atoms with van der Waals surface area (Å²) in [6.07, 6.45) is 1.64. The summed E-state index contributed by atoms with van der Waals surface area (Å²) in [6.45, 7) is 3.95. The summed E-state index contributed by atoms with van der Waals surface area (Å²) >= 11 is 0. The highest BCUT2D eigenvalue weighted by Gasteiger charge is 2.29. The molecule has 4 rings (SSSR count). The van der Waals surface area contributed by atoms with Crippen LogP contribution in [-0.2, 0) is 29.7 Å². The first-order valence-corrected chi connectivity index (χ1v) is 12.5. The van der Waals surface area contributed by atoms with E-state index in [1.165, 1.54) is 10.6 Å². The molecule has 0 aliphatic heterocycles. The van der Waals surface area contributed by atoms with Gasteiger partial charge < -0.3 is 10.4 Å². The number of aliphatic hydroxyl groups excluding tert-OH is 1. The summed E-state index contributed by atoms with van der Waals surface area (Å²) in [7, 11) is -4.01. The van der Waals surface area contributed by atoms with Crippen LogP contribution in [0.2, 0.25) is 0 Å². The lowest BCUT2D eigenvalue weighted by atomic mass is 10.2. The number of fused-ring (bicyclic) bond motifs is 1. The molecule has 0 bridgehead atoms. The number of sulfonamides is 1. The third kappa shape index (κ3) is 4.09. The van der Waals surface area contributed by atoms with Crippen LogP contribution in [-0.4, -0.2) is 44.4 Å². The Kier molecular flexibility index (Phi) is 6.16. The highest BCUT2D eigenvalue weighted by atomic mass is 32.2. The monoisotopic (exact) mass is 476 g/mol. The zero-order valence-electron chi connectivity index (χ0n) is 18.6. The molecule has 1 aliphatic rings. The fourth-order valence-electron chi connectivity index (χ4n) is 4.48. The van der Waals surface area contributed by atoms with E-state index >= 15 is 0 Å². The van der Waals surface area contributed by atoms with E-state index in [1.807, 2.05) is 0 Å². The van der Waals surface area contributed by atoms with E-state index in [4.69, 9.17) is 5.14 Å². The van der Waals surface area contributed by atoms with Crippen molar-refractivity contribution in [3.05, 3.63) is 50.7 Å². The molecule has 1 saturated carbocycles. The van der Waals surface area contributed by atoms with E-state index in [9.17, 15) is 23.1 Å². The molecule has 0 amide bonds. The maximum absolute atomic E-state index is 13.3. The lowest BCUT2D eigenvalue weighted by Gasteiger charge is -2.19. The van der Waals surface area contributed by atoms with Crippen molar-refractivity contribution in [1.29, 1.82) is 0 Å². The van der Waals surface area contributed by atoms with Gasteiger partial charge in [0.25, 0.3) is 5.56 Å². The van der Waals surface area contributed by atoms with Crippen LogP contribution in [0.4, 0.5) is 5.95 Å². The van der Waals surface area contributed by atoms with Crippen molar-refractivity contribution in [2.75, 3.05) is 5.32 Å². The van der Waals surface area contributed by atoms with Crippen molar-refractivity contribution in [3.63, 3.8) is 0 Å². The van der Waals surface area contributed by atoms with Crippen LogP contribution in [0.3, 0.4) is 0 Å². The summed E-state index contributed by atoms with van der Waals surface area (Å²) in [4.78, 5) is 30.7. The first-order valence-electron chi connectivity index (χ1n) is 11.0. The number of hydrogen-bond donors (Lipinski definition) is 3. The highest BCUT2D eigenvalue weighted by Crippen LogP contribution is 2.26. The molecule has 11 nitrogen and oxygen atoms in total. The van der Waals surface area contributed by atoms with Crippen LogP contribution < -0.4 is 21.7 Å². The number of nitrogens with two attached hydrogens (primary N) is 1. The van der Waals surface area contributed by atoms with Crippen LogP contribution in [0.25, 0.3) is 11.2 Å². The van der Waals surface area contributed by atoms with E-state index in [2.05, 4.69) is 10.3 Å². The summed E-state index contributed by atoms with van der Waals surface area (Å²) < 4.78 is 28.4. The number of nitrogens with zero attached hydrogens (tertiary/aromatic N) is 4. The molecular weight excluding hydrogens is 448 g/mol. The molecule has 0 saturated heterocycles. The van der Waals surface area contributed by atoms with Gasteiger partial charge in [-0.2, -0.15) is 4.98 Å². The SMILES string of the molecule is CCn1c(=O)c2c(nc(N[C@@H]3CCC[C@H]3O)n2Cc2ccccc2S(N)(=O)=O)n(CC)c1=O. The third-order valence-electron chi connectivity index (χ3n) is 6.15. The number of primary sulfonamides is 1. The van der Waals surface area contributed by atoms with Crippen molar-refractivity contribution in [2.24, 2.45) is 5.14 Å². The Bertz CT molecular complexity index is 1420. The van der Waals surface area contributed by atoms with Gasteiger partial charge in [0, 0.05) is 13.1 Å². The number of hydrogen-bond acceptors (Lipinski definition) is 7. The van der Waals surface area contributed by atoms with Crippen molar-refractivity contribution < 1.29 is 13.5 Å². The number of aryl methyl sites for hydroxylation is 1. The first-order chi connectivity index (χ1) is 15.7. The number of imidazole rings is 1. The third-order valence-corrected chi connectivity index (χ3v) is 7.16. The van der Waals surface area contributed by atoms with Crippen LogP contribution >= 0.6 is 0 Å². The molecule has 1 fully saturated rings. The fraction of sp³-hybridized carbons (Fsp3) is 0.476. The Balaban J connectivity index is 1.99. The smallest absolute Gasteiger partial charge is 0.332 e. The van der Waals surface area contributed by atoms with Gasteiger partial charge >= 0.3 is 5.69 Å². The zero-order valence-corrected chi connectivity index (χ0v) is 19.4. The van der Waals surface area contributed by atoms with E-state index in [0.717, 1.165) is 17.4 Å². The summed E-state index contributed by atoms with van der Waals surface area (Å²) in [5, 5.41) is 19.0. The Hall–Kier alpha value is -2.96. The molecule has 178 valence electrons. The Morgan fingerprint density at radius 2 is 1.82 bits per heavy atom. The lowest BCUT2D eigenvalue weighted by Crippen LogP contribution is -2.40. The average molecular weight is 477 g/mol. The maximum Gasteiger partial charge on any atom is 0.332 e. The molecule has 2 atom stereocenters. The summed E-state index contributed by atoms with van der Waals surface area (Å²) in [6, 6.07) is 6.01. The van der Waals surface area contributed by atoms with Gasteiger partial charge in [-0.25, -0.2) is 18.4 Å². The minimum absolute atomic E-state index is 0.0187. The van der Waals surface area contributed by atoms with Crippen molar-refractivity contribution in [3.8, 4) is 0 Å². The molecule has 0 unspecified atom stereocenters. The second kappa shape index (κ2) is 8.76. The normalized spacial score (nSPS) is 18.8. The molecule has 0 spiro atoms. The molecule has 2 heterocycles. The maximum atomic E-state index is 13.3. The topological polar surface area (TPSA) is 154 Å². The van der Waals surface area contributed by atoms with E-state index in [-0.39, 0.29) is 41.1 Å². The summed E-state index contributed by atoms with van der Waals surface area (Å²) in [5.74, 6) is 0.285. The standard InChI is InChI=1S/C21H28N6O5S/c1-3-25-18-17(19(29)26(4-2)21(25)30)27(20(24-18)23-14-9-7-10-15(14)28)12-13-8-5-6-11-16(13)33(22,31)32/h5-6,8,11,14-15,28H,3-4,7,9-10,12H2,1-2H3,(H,23,24)(H2,22,31,32)/t14-,15-/m1/s1. The molecule has 1 aliphatic carbocycles. The van der Waals surface area contributed by atoms with Crippen molar-refractivity contribution >= 4 is 27.1 Å². The van der Waals surface area contributed by atoms with Gasteiger partial charge in [-0.15, -0.1) is 0 Å². The van der Waals surface area contributed by atoms with E-state index < -0.39 is 27.4 Å². The Labute approximate surface area is 190 Å². The minimum Gasteiger partial charge on any atom is -0.391 e. The summed E-state index contributed by atoms with van der Waals surface area (Å²) in [5.41, 5.74) is -0.203. The molecule has 0 radical (unpaired) electrons. The molecule has 4 N–H and O–H groups in total. The number of anilines is 1. The van der Waals surface area contributed by atoms with Crippen molar-refractivity contribution in [2.45, 2.75) is 69.8 Å². The van der Waals surface area contributed by atoms with Crippen LogP contribution in [0.1, 0.15) is 38.7 Å². The largest absolute Gasteiger partial charge is 0.391 e. The van der Waals surface area contributed by atoms with Gasteiger partial charge in [-0.3, -0.25) is 18.5 Å². The second-order valence-corrected chi connectivity index (χ2v) is 9.70. The molecule has 2 aromatic heterocycles. The molecule has 33 heavy (non-hydrogen) atoms. The number of nitrogens with one attached hydrogen (secondary N) is 1. The number of benzene rings is 1. The molecule has 12 heteroatoms. The minimum atomic E-state index is -4.01. The quantitative estimate of drug-likeness (QED) is 0.446. The van der Waals surface area contributed by atoms with E-state index in [0.29, 0.717) is 18.5 Å². The van der Waals surface area contributed by atoms with Gasteiger partial charge in [0.15, 0.2) is 11.2 Å². The predicted octanol–water partition coefficient (Wildman–Crippen LogP) is 0.421. The van der Waals surface area contributed by atoms with Crippen LogP contribution in [0.5, 0.6) is 0 Å². The van der Waals surface area contributed by atoms with E-state index in [1.54, 1.807) is 36.6 Å². The Morgan fingerprint density at radius 3 is 2.42 bits per heavy atom. The first kappa shape index (κ1) is 23.2. The predicted molar refractivity (Wildman–Crippen MR) is 124 cm³/mol. The molecule has 1 aromatic carbocycles. The van der Waals surface area contributed by atoms with Crippen LogP contribution in [0.15, 0.2) is 38.8 Å². The van der Waals surface area contributed by atoms with Gasteiger partial charge in [0.05, 0.1) is 23.6 Å². The van der Waals surface area contributed by atoms with Crippen molar-refractivity contribution in [1.82, 2.24) is 18.7 Å². The fourth-order valence-corrected chi connectivity index (χ4v) is 5.24. The highest BCUT2D eigenvalue weighted by molar-refractivity contribution is 7.89. The second-order valence-electron chi connectivity index (χ2n) is 8.17. The molecular formula is C21H28N6O5S.